The lowest BCUT2D eigenvalue weighted by Crippen LogP contribution is -2.50. The lowest BCUT2D eigenvalue weighted by molar-refractivity contribution is 0.00874. The van der Waals surface area contributed by atoms with Gasteiger partial charge in [-0.25, -0.2) is 0 Å². The maximum absolute atomic E-state index is 12.4. The zero-order valence-electron chi connectivity index (χ0n) is 9.94. The van der Waals surface area contributed by atoms with E-state index in [9.17, 15) is 4.79 Å². The number of hydrogen-bond acceptors (Lipinski definition) is 3. The second-order valence-corrected chi connectivity index (χ2v) is 6.38. The first-order chi connectivity index (χ1) is 8.99. The molecule has 102 valence electrons. The number of benzene rings is 1. The standard InChI is InChI=1S/C12H12Br2N2O2S/c13-7-1-2-8(9(14)5-7)12(17)16-3-4-18-10(6-16)11(15)19/h1-2,5,10H,3-4,6H2,(H2,15,19). The van der Waals surface area contributed by atoms with Crippen molar-refractivity contribution in [1.29, 1.82) is 0 Å². The van der Waals surface area contributed by atoms with Gasteiger partial charge in [0.05, 0.1) is 18.7 Å². The summed E-state index contributed by atoms with van der Waals surface area (Å²) >= 11 is 11.7. The zero-order chi connectivity index (χ0) is 14.0. The highest BCUT2D eigenvalue weighted by Gasteiger charge is 2.27. The summed E-state index contributed by atoms with van der Waals surface area (Å²) in [6.07, 6.45) is -0.359. The van der Waals surface area contributed by atoms with E-state index in [-0.39, 0.29) is 17.0 Å². The molecule has 1 amide bonds. The minimum atomic E-state index is -0.359. The quantitative estimate of drug-likeness (QED) is 0.764. The lowest BCUT2D eigenvalue weighted by atomic mass is 10.1. The van der Waals surface area contributed by atoms with Crippen LogP contribution in [0, 0.1) is 0 Å². The molecule has 19 heavy (non-hydrogen) atoms. The van der Waals surface area contributed by atoms with Crippen molar-refractivity contribution in [3.63, 3.8) is 0 Å². The van der Waals surface area contributed by atoms with Crippen LogP contribution in [0.4, 0.5) is 0 Å². The largest absolute Gasteiger partial charge is 0.391 e. The molecular formula is C12H12Br2N2O2S. The van der Waals surface area contributed by atoms with Crippen LogP contribution in [0.3, 0.4) is 0 Å². The average molecular weight is 408 g/mol. The van der Waals surface area contributed by atoms with E-state index < -0.39 is 0 Å². The highest BCUT2D eigenvalue weighted by atomic mass is 79.9. The number of rotatable bonds is 2. The normalized spacial score (nSPS) is 19.3. The fourth-order valence-electron chi connectivity index (χ4n) is 1.84. The summed E-state index contributed by atoms with van der Waals surface area (Å²) in [7, 11) is 0. The first-order valence-corrected chi connectivity index (χ1v) is 7.63. The molecule has 1 heterocycles. The highest BCUT2D eigenvalue weighted by molar-refractivity contribution is 9.11. The molecule has 0 spiro atoms. The number of carbonyl (C=O) groups is 1. The van der Waals surface area contributed by atoms with Crippen molar-refractivity contribution in [2.45, 2.75) is 6.10 Å². The van der Waals surface area contributed by atoms with Crippen molar-refractivity contribution in [3.05, 3.63) is 32.7 Å². The van der Waals surface area contributed by atoms with Crippen LogP contribution in [0.15, 0.2) is 27.1 Å². The van der Waals surface area contributed by atoms with Crippen LogP contribution in [0.2, 0.25) is 0 Å². The molecule has 0 aliphatic carbocycles. The van der Waals surface area contributed by atoms with E-state index in [1.165, 1.54) is 0 Å². The van der Waals surface area contributed by atoms with Crippen molar-refractivity contribution < 1.29 is 9.53 Å². The maximum Gasteiger partial charge on any atom is 0.255 e. The molecule has 1 fully saturated rings. The van der Waals surface area contributed by atoms with Gasteiger partial charge in [-0.3, -0.25) is 4.79 Å². The van der Waals surface area contributed by atoms with Gasteiger partial charge in [-0.1, -0.05) is 28.1 Å². The molecule has 0 saturated carbocycles. The monoisotopic (exact) mass is 406 g/mol. The van der Waals surface area contributed by atoms with Crippen molar-refractivity contribution in [2.24, 2.45) is 5.73 Å². The summed E-state index contributed by atoms with van der Waals surface area (Å²) in [6.45, 7) is 1.39. The Morgan fingerprint density at radius 1 is 1.47 bits per heavy atom. The predicted octanol–water partition coefficient (Wildman–Crippen LogP) is 2.34. The van der Waals surface area contributed by atoms with Crippen LogP contribution >= 0.6 is 44.1 Å². The van der Waals surface area contributed by atoms with Crippen molar-refractivity contribution >= 4 is 55.0 Å². The van der Waals surface area contributed by atoms with Crippen molar-refractivity contribution in [1.82, 2.24) is 4.90 Å². The molecule has 1 aromatic carbocycles. The van der Waals surface area contributed by atoms with Crippen molar-refractivity contribution in [2.75, 3.05) is 19.7 Å². The van der Waals surface area contributed by atoms with E-state index in [0.29, 0.717) is 25.3 Å². The van der Waals surface area contributed by atoms with Gasteiger partial charge in [0.15, 0.2) is 0 Å². The van der Waals surface area contributed by atoms with Crippen LogP contribution in [0.5, 0.6) is 0 Å². The number of hydrogen-bond donors (Lipinski definition) is 1. The third kappa shape index (κ3) is 3.53. The fourth-order valence-corrected chi connectivity index (χ4v) is 3.20. The highest BCUT2D eigenvalue weighted by Crippen LogP contribution is 2.23. The minimum absolute atomic E-state index is 0.0519. The number of nitrogens with zero attached hydrogens (tertiary/aromatic N) is 1. The van der Waals surface area contributed by atoms with Gasteiger partial charge in [-0.05, 0) is 34.1 Å². The van der Waals surface area contributed by atoms with Crippen molar-refractivity contribution in [3.8, 4) is 0 Å². The summed E-state index contributed by atoms with van der Waals surface area (Å²) in [5.41, 5.74) is 6.19. The van der Waals surface area contributed by atoms with Gasteiger partial charge < -0.3 is 15.4 Å². The number of halogens is 2. The predicted molar refractivity (Wildman–Crippen MR) is 84.3 cm³/mol. The van der Waals surface area contributed by atoms with Gasteiger partial charge in [0.25, 0.3) is 5.91 Å². The Morgan fingerprint density at radius 3 is 2.84 bits per heavy atom. The van der Waals surface area contributed by atoms with Crippen LogP contribution in [-0.4, -0.2) is 41.6 Å². The van der Waals surface area contributed by atoms with E-state index in [4.69, 9.17) is 22.7 Å². The van der Waals surface area contributed by atoms with Crippen LogP contribution in [-0.2, 0) is 4.74 Å². The summed E-state index contributed by atoms with van der Waals surface area (Å²) in [5, 5.41) is 0. The zero-order valence-corrected chi connectivity index (χ0v) is 13.9. The Kier molecular flexibility index (Phi) is 4.94. The molecule has 2 rings (SSSR count). The molecule has 1 aliphatic heterocycles. The van der Waals surface area contributed by atoms with E-state index >= 15 is 0 Å². The third-order valence-corrected chi connectivity index (χ3v) is 4.24. The summed E-state index contributed by atoms with van der Waals surface area (Å²) < 4.78 is 7.10. The first kappa shape index (κ1) is 14.9. The molecular weight excluding hydrogens is 396 g/mol. The SMILES string of the molecule is NC(=S)C1CN(C(=O)c2ccc(Br)cc2Br)CCO1. The Balaban J connectivity index is 2.17. The van der Waals surface area contributed by atoms with Crippen LogP contribution < -0.4 is 5.73 Å². The van der Waals surface area contributed by atoms with E-state index in [1.54, 1.807) is 11.0 Å². The van der Waals surface area contributed by atoms with Gasteiger partial charge in [0, 0.05) is 15.5 Å². The summed E-state index contributed by atoms with van der Waals surface area (Å²) in [6, 6.07) is 5.46. The van der Waals surface area contributed by atoms with Crippen LogP contribution in [0.25, 0.3) is 0 Å². The second kappa shape index (κ2) is 6.30. The Morgan fingerprint density at radius 2 is 2.21 bits per heavy atom. The summed E-state index contributed by atoms with van der Waals surface area (Å²) in [5.74, 6) is -0.0519. The Bertz CT molecular complexity index is 524. The molecule has 0 radical (unpaired) electrons. The summed E-state index contributed by atoms with van der Waals surface area (Å²) in [4.78, 5) is 14.4. The number of nitrogens with two attached hydrogens (primary N) is 1. The third-order valence-electron chi connectivity index (χ3n) is 2.83. The van der Waals surface area contributed by atoms with Gasteiger partial charge in [0.2, 0.25) is 0 Å². The molecule has 1 saturated heterocycles. The molecule has 7 heteroatoms. The first-order valence-electron chi connectivity index (χ1n) is 5.64. The molecule has 4 nitrogen and oxygen atoms in total. The Hall–Kier alpha value is -0.500. The van der Waals surface area contributed by atoms with Gasteiger partial charge in [-0.2, -0.15) is 0 Å². The second-order valence-electron chi connectivity index (χ2n) is 4.14. The molecule has 1 aromatic rings. The minimum Gasteiger partial charge on any atom is -0.391 e. The molecule has 1 aliphatic rings. The average Bonchev–Trinajstić information content (AvgIpc) is 2.38. The smallest absolute Gasteiger partial charge is 0.255 e. The van der Waals surface area contributed by atoms with Gasteiger partial charge in [0.1, 0.15) is 11.1 Å². The van der Waals surface area contributed by atoms with Gasteiger partial charge >= 0.3 is 0 Å². The van der Waals surface area contributed by atoms with Gasteiger partial charge in [-0.15, -0.1) is 0 Å². The number of morpholine rings is 1. The lowest BCUT2D eigenvalue weighted by Gasteiger charge is -2.32. The van der Waals surface area contributed by atoms with E-state index in [0.717, 1.165) is 8.95 Å². The number of amides is 1. The Labute approximate surface area is 133 Å². The molecule has 1 atom stereocenters. The number of ether oxygens (including phenoxy) is 1. The fraction of sp³-hybridized carbons (Fsp3) is 0.333. The molecule has 1 unspecified atom stereocenters. The van der Waals surface area contributed by atoms with E-state index in [2.05, 4.69) is 31.9 Å². The molecule has 2 N–H and O–H groups in total. The molecule has 0 aromatic heterocycles. The van der Waals surface area contributed by atoms with E-state index in [1.807, 2.05) is 12.1 Å². The number of thiocarbonyl (C=S) groups is 1. The number of carbonyl (C=O) groups excluding carboxylic acids is 1. The maximum atomic E-state index is 12.4. The van der Waals surface area contributed by atoms with Crippen LogP contribution in [0.1, 0.15) is 10.4 Å². The molecule has 0 bridgehead atoms. The topological polar surface area (TPSA) is 55.6 Å².